The standard InChI is InChI=1S/C32H43N5O4SSi/c1-3-34-18-20-36(21-19-34)25-10-14-35(15-11-25)24-12-16-37(17-13-24)32-29-22-28(43(2)41)8-9-30(29)33-23-31(32)42(39,40)27-6-4-26(38)5-7-27/h4-9,22-25,38H,3,10-21H2,1-2H3/q-1. The SMILES string of the molecule is CCN1CCN(C2CCN(C3CCN(c4c(S(=O)(=O)c5ccc(O)cc5)cnc5ccc([Si](C)[O-])cc45)CC3)CC2)CC1. The Morgan fingerprint density at radius 3 is 2.09 bits per heavy atom. The molecule has 4 heterocycles. The second-order valence-corrected chi connectivity index (χ2v) is 15.8. The van der Waals surface area contributed by atoms with Crippen LogP contribution in [-0.2, 0) is 9.84 Å². The van der Waals surface area contributed by atoms with Gasteiger partial charge in [-0.05, 0) is 84.7 Å². The molecule has 1 aromatic heterocycles. The topological polar surface area (TPSA) is 103 Å². The fraction of sp³-hybridized carbons (Fsp3) is 0.531. The molecule has 231 valence electrons. The number of rotatable bonds is 7. The summed E-state index contributed by atoms with van der Waals surface area (Å²) in [5.74, 6) is 0.0127. The lowest BCUT2D eigenvalue weighted by Gasteiger charge is -2.46. The molecular weight excluding hydrogens is 579 g/mol. The first-order valence-electron chi connectivity index (χ1n) is 15.7. The Bertz CT molecular complexity index is 1510. The first kappa shape index (κ1) is 30.5. The third kappa shape index (κ3) is 6.34. The normalized spacial score (nSPS) is 20.8. The van der Waals surface area contributed by atoms with Crippen LogP contribution in [0.15, 0.2) is 58.5 Å². The molecule has 9 nitrogen and oxygen atoms in total. The predicted octanol–water partition coefficient (Wildman–Crippen LogP) is 2.03. The van der Waals surface area contributed by atoms with Crippen LogP contribution in [0.5, 0.6) is 5.75 Å². The minimum Gasteiger partial charge on any atom is -0.857 e. The first-order valence-corrected chi connectivity index (χ1v) is 19.1. The maximum atomic E-state index is 14.0. The molecule has 0 spiro atoms. The lowest BCUT2D eigenvalue weighted by molar-refractivity contribution is -0.187. The number of anilines is 1. The zero-order valence-corrected chi connectivity index (χ0v) is 27.1. The molecule has 0 saturated carbocycles. The summed E-state index contributed by atoms with van der Waals surface area (Å²) in [6.45, 7) is 13.5. The van der Waals surface area contributed by atoms with Gasteiger partial charge in [0.15, 0.2) is 0 Å². The number of hydrogen-bond donors (Lipinski definition) is 1. The molecule has 1 N–H and O–H groups in total. The zero-order chi connectivity index (χ0) is 30.1. The van der Waals surface area contributed by atoms with E-state index in [-0.39, 0.29) is 15.5 Å². The fourth-order valence-electron chi connectivity index (χ4n) is 7.17. The van der Waals surface area contributed by atoms with Gasteiger partial charge in [0, 0.05) is 62.9 Å². The molecule has 0 atom stereocenters. The number of benzene rings is 2. The zero-order valence-electron chi connectivity index (χ0n) is 25.3. The van der Waals surface area contributed by atoms with Gasteiger partial charge >= 0.3 is 0 Å². The van der Waals surface area contributed by atoms with Gasteiger partial charge in [0.25, 0.3) is 0 Å². The Morgan fingerprint density at radius 2 is 1.49 bits per heavy atom. The quantitative estimate of drug-likeness (QED) is 0.397. The van der Waals surface area contributed by atoms with Gasteiger partial charge < -0.3 is 24.6 Å². The number of aromatic hydroxyl groups is 1. The average molecular weight is 622 g/mol. The number of fused-ring (bicyclic) bond motifs is 1. The first-order chi connectivity index (χ1) is 20.7. The molecule has 3 aliphatic rings. The summed E-state index contributed by atoms with van der Waals surface area (Å²) in [5.41, 5.74) is 1.34. The van der Waals surface area contributed by atoms with Gasteiger partial charge in [-0.3, -0.25) is 9.88 Å². The molecule has 3 aromatic rings. The molecule has 0 unspecified atom stereocenters. The average Bonchev–Trinajstić information content (AvgIpc) is 3.04. The van der Waals surface area contributed by atoms with Crippen molar-refractivity contribution < 1.29 is 18.3 Å². The third-order valence-corrected chi connectivity index (χ3v) is 12.7. The lowest BCUT2D eigenvalue weighted by atomic mass is 9.96. The Hall–Kier alpha value is -2.54. The summed E-state index contributed by atoms with van der Waals surface area (Å²) in [6.07, 6.45) is 5.83. The van der Waals surface area contributed by atoms with Crippen molar-refractivity contribution in [1.29, 1.82) is 0 Å². The minimum absolute atomic E-state index is 0.0127. The fourth-order valence-corrected chi connectivity index (χ4v) is 9.27. The molecule has 0 aliphatic carbocycles. The number of aromatic nitrogens is 1. The minimum atomic E-state index is -3.92. The van der Waals surface area contributed by atoms with Crippen molar-refractivity contribution in [1.82, 2.24) is 19.7 Å². The highest BCUT2D eigenvalue weighted by molar-refractivity contribution is 7.91. The van der Waals surface area contributed by atoms with Crippen LogP contribution in [0, 0.1) is 0 Å². The summed E-state index contributed by atoms with van der Waals surface area (Å²) < 4.78 is 27.9. The highest BCUT2D eigenvalue weighted by Gasteiger charge is 2.34. The summed E-state index contributed by atoms with van der Waals surface area (Å²) in [4.78, 5) is 27.4. The molecule has 6 rings (SSSR count). The highest BCUT2D eigenvalue weighted by atomic mass is 32.2. The number of piperidine rings is 2. The molecule has 1 radical (unpaired) electrons. The third-order valence-electron chi connectivity index (χ3n) is 9.82. The van der Waals surface area contributed by atoms with E-state index in [0.717, 1.165) is 51.0 Å². The Kier molecular flexibility index (Phi) is 9.09. The number of hydrogen-bond acceptors (Lipinski definition) is 9. The van der Waals surface area contributed by atoms with Crippen molar-refractivity contribution in [2.24, 2.45) is 0 Å². The second-order valence-electron chi connectivity index (χ2n) is 12.2. The van der Waals surface area contributed by atoms with Gasteiger partial charge in [0.2, 0.25) is 9.84 Å². The maximum Gasteiger partial charge on any atom is 0.210 e. The molecule has 11 heteroatoms. The molecule has 0 amide bonds. The van der Waals surface area contributed by atoms with Crippen LogP contribution in [0.2, 0.25) is 6.55 Å². The van der Waals surface area contributed by atoms with Gasteiger partial charge in [-0.2, -0.15) is 0 Å². The van der Waals surface area contributed by atoms with Gasteiger partial charge in [0.05, 0.1) is 16.1 Å². The van der Waals surface area contributed by atoms with Crippen LogP contribution >= 0.6 is 0 Å². The smallest absolute Gasteiger partial charge is 0.210 e. The van der Waals surface area contributed by atoms with Gasteiger partial charge in [0.1, 0.15) is 10.6 Å². The van der Waals surface area contributed by atoms with E-state index in [0.29, 0.717) is 28.5 Å². The van der Waals surface area contributed by atoms with Gasteiger partial charge in [-0.1, -0.05) is 30.8 Å². The lowest BCUT2D eigenvalue weighted by Crippen LogP contribution is -2.55. The number of pyridine rings is 1. The van der Waals surface area contributed by atoms with E-state index in [1.165, 1.54) is 69.5 Å². The van der Waals surface area contributed by atoms with Crippen molar-refractivity contribution in [2.45, 2.75) is 61.0 Å². The largest absolute Gasteiger partial charge is 0.857 e. The van der Waals surface area contributed by atoms with E-state index in [2.05, 4.69) is 31.5 Å². The number of likely N-dealkylation sites (tertiary alicyclic amines) is 1. The summed E-state index contributed by atoms with van der Waals surface area (Å²) in [7, 11) is -5.90. The van der Waals surface area contributed by atoms with Crippen LogP contribution in [0.3, 0.4) is 0 Å². The van der Waals surface area contributed by atoms with Crippen LogP contribution in [0.4, 0.5) is 5.69 Å². The molecular formula is C32H43N5O4SSi-. The monoisotopic (exact) mass is 621 g/mol. The van der Waals surface area contributed by atoms with Crippen LogP contribution in [0.1, 0.15) is 32.6 Å². The summed E-state index contributed by atoms with van der Waals surface area (Å²) in [6, 6.07) is 12.4. The number of phenolic OH excluding ortho intramolecular Hbond substituents is 1. The number of phenols is 1. The van der Waals surface area contributed by atoms with Crippen molar-refractivity contribution in [2.75, 3.05) is 63.8 Å². The van der Waals surface area contributed by atoms with Crippen molar-refractivity contribution in [3.05, 3.63) is 48.7 Å². The number of nitrogens with zero attached hydrogens (tertiary/aromatic N) is 5. The van der Waals surface area contributed by atoms with Crippen LogP contribution in [0.25, 0.3) is 10.9 Å². The number of sulfone groups is 1. The van der Waals surface area contributed by atoms with E-state index in [1.807, 2.05) is 18.2 Å². The summed E-state index contributed by atoms with van der Waals surface area (Å²) in [5, 5.41) is 11.2. The van der Waals surface area contributed by atoms with Crippen molar-refractivity contribution in [3.8, 4) is 5.75 Å². The van der Waals surface area contributed by atoms with Crippen molar-refractivity contribution in [3.63, 3.8) is 0 Å². The predicted molar refractivity (Wildman–Crippen MR) is 170 cm³/mol. The number of piperazine rings is 1. The number of likely N-dealkylation sites (N-methyl/N-ethyl adjacent to an activating group) is 1. The van der Waals surface area contributed by atoms with E-state index >= 15 is 0 Å². The van der Waals surface area contributed by atoms with E-state index in [1.54, 1.807) is 6.55 Å². The Morgan fingerprint density at radius 1 is 0.884 bits per heavy atom. The Balaban J connectivity index is 1.21. The molecule has 43 heavy (non-hydrogen) atoms. The van der Waals surface area contributed by atoms with E-state index in [9.17, 15) is 18.3 Å². The molecule has 3 aliphatic heterocycles. The Labute approximate surface area is 257 Å². The maximum absolute atomic E-state index is 14.0. The molecule has 3 saturated heterocycles. The van der Waals surface area contributed by atoms with Crippen LogP contribution in [-0.4, -0.2) is 113 Å². The van der Waals surface area contributed by atoms with Crippen molar-refractivity contribution >= 4 is 40.7 Å². The van der Waals surface area contributed by atoms with Gasteiger partial charge in [-0.15, -0.1) is 0 Å². The molecule has 0 bridgehead atoms. The van der Waals surface area contributed by atoms with E-state index < -0.39 is 18.9 Å². The van der Waals surface area contributed by atoms with E-state index in [4.69, 9.17) is 0 Å². The molecule has 2 aromatic carbocycles. The molecule has 3 fully saturated rings. The van der Waals surface area contributed by atoms with Crippen LogP contribution < -0.4 is 14.9 Å². The highest BCUT2D eigenvalue weighted by Crippen LogP contribution is 2.38. The van der Waals surface area contributed by atoms with Gasteiger partial charge in [-0.25, -0.2) is 8.42 Å². The second kappa shape index (κ2) is 12.8. The summed E-state index contributed by atoms with van der Waals surface area (Å²) >= 11 is 0.